The zero-order valence-electron chi connectivity index (χ0n) is 7.20. The van der Waals surface area contributed by atoms with Gasteiger partial charge in [0.25, 0.3) is 0 Å². The van der Waals surface area contributed by atoms with E-state index >= 15 is 0 Å². The molecule has 0 radical (unpaired) electrons. The monoisotopic (exact) mass is 252 g/mol. The molecule has 4 N–H and O–H groups in total. The maximum absolute atomic E-state index is 10.9. The fraction of sp³-hybridized carbons (Fsp3) is 0.286. The van der Waals surface area contributed by atoms with Crippen LogP contribution in [0.4, 0.5) is 0 Å². The predicted octanol–water partition coefficient (Wildman–Crippen LogP) is -0.812. The van der Waals surface area contributed by atoms with Gasteiger partial charge in [-0.2, -0.15) is 0 Å². The Balaban J connectivity index is 3.04. The molecule has 0 spiro atoms. The number of primary amides is 2. The van der Waals surface area contributed by atoms with E-state index in [1.54, 1.807) is 0 Å². The van der Waals surface area contributed by atoms with E-state index in [2.05, 4.69) is 4.74 Å². The first-order valence-corrected chi connectivity index (χ1v) is 4.46. The van der Waals surface area contributed by atoms with Crippen molar-refractivity contribution in [3.8, 4) is 0 Å². The maximum atomic E-state index is 10.9. The van der Waals surface area contributed by atoms with Crippen molar-refractivity contribution in [1.82, 2.24) is 0 Å². The van der Waals surface area contributed by atoms with E-state index in [0.717, 1.165) is 0 Å². The number of hydrogen-bond acceptors (Lipinski definition) is 4. The van der Waals surface area contributed by atoms with E-state index in [9.17, 15) is 14.4 Å². The van der Waals surface area contributed by atoms with Gasteiger partial charge >= 0.3 is 5.97 Å². The van der Waals surface area contributed by atoms with Crippen molar-refractivity contribution in [2.75, 3.05) is 0 Å². The van der Waals surface area contributed by atoms with Gasteiger partial charge in [0.2, 0.25) is 11.8 Å². The molecule has 0 unspecified atom stereocenters. The fourth-order valence-corrected chi connectivity index (χ4v) is 1.49. The average molecular weight is 253 g/mol. The van der Waals surface area contributed by atoms with Crippen LogP contribution < -0.4 is 11.5 Å². The third-order valence-corrected chi connectivity index (χ3v) is 2.65. The molecule has 1 aliphatic rings. The minimum Gasteiger partial charge on any atom is -0.451 e. The molecule has 0 aromatic rings. The Kier molecular flexibility index (Phi) is 3.21. The lowest BCUT2D eigenvalue weighted by atomic mass is 10.0. The van der Waals surface area contributed by atoms with Crippen LogP contribution in [0.1, 0.15) is 0 Å². The maximum Gasteiger partial charge on any atom is 0.351 e. The van der Waals surface area contributed by atoms with Crippen LogP contribution in [0.5, 0.6) is 0 Å². The topological polar surface area (TPSA) is 112 Å². The molecule has 0 saturated carbocycles. The van der Waals surface area contributed by atoms with Gasteiger partial charge in [-0.3, -0.25) is 9.59 Å². The number of hydrogen-bond donors (Lipinski definition) is 2. The van der Waals surface area contributed by atoms with E-state index < -0.39 is 29.8 Å². The molecular weight excluding hydrogens is 247 g/mol. The Morgan fingerprint density at radius 3 is 2.00 bits per heavy atom. The second kappa shape index (κ2) is 4.08. The summed E-state index contributed by atoms with van der Waals surface area (Å²) in [4.78, 5) is 32.7. The van der Waals surface area contributed by atoms with Crippen molar-refractivity contribution in [3.05, 3.63) is 10.1 Å². The normalized spacial score (nSPS) is 20.7. The minimum atomic E-state index is -1.52. The Labute approximate surface area is 94.1 Å². The van der Waals surface area contributed by atoms with E-state index in [1.165, 1.54) is 0 Å². The molecule has 2 amide bonds. The van der Waals surface area contributed by atoms with Gasteiger partial charge in [-0.05, 0) is 0 Å². The Morgan fingerprint density at radius 1 is 1.27 bits per heavy atom. The van der Waals surface area contributed by atoms with Crippen LogP contribution >= 0.6 is 23.2 Å². The lowest BCUT2D eigenvalue weighted by Crippen LogP contribution is -2.43. The fourth-order valence-electron chi connectivity index (χ4n) is 1.09. The SMILES string of the molecule is NC(=O)C(C(N)=O)[C@H]1OC(=O)C(Cl)=C1Cl. The highest BCUT2D eigenvalue weighted by Gasteiger charge is 2.43. The van der Waals surface area contributed by atoms with Crippen molar-refractivity contribution in [2.24, 2.45) is 17.4 Å². The Morgan fingerprint density at radius 2 is 1.73 bits per heavy atom. The zero-order valence-corrected chi connectivity index (χ0v) is 8.71. The number of halogens is 2. The number of carbonyl (C=O) groups is 3. The average Bonchev–Trinajstić information content (AvgIpc) is 2.33. The molecule has 0 aromatic carbocycles. The van der Waals surface area contributed by atoms with Crippen LogP contribution in [0.2, 0.25) is 0 Å². The summed E-state index contributed by atoms with van der Waals surface area (Å²) in [6.45, 7) is 0. The van der Waals surface area contributed by atoms with Crippen molar-refractivity contribution in [2.45, 2.75) is 6.10 Å². The summed E-state index contributed by atoms with van der Waals surface area (Å²) in [6.07, 6.45) is -1.32. The van der Waals surface area contributed by atoms with Crippen LogP contribution in [0.3, 0.4) is 0 Å². The first-order valence-electron chi connectivity index (χ1n) is 3.71. The predicted molar refractivity (Wildman–Crippen MR) is 50.5 cm³/mol. The highest BCUT2D eigenvalue weighted by Crippen LogP contribution is 2.32. The summed E-state index contributed by atoms with van der Waals surface area (Å²) in [7, 11) is 0. The lowest BCUT2D eigenvalue weighted by Gasteiger charge is -2.16. The first kappa shape index (κ1) is 11.8. The highest BCUT2D eigenvalue weighted by molar-refractivity contribution is 6.48. The summed E-state index contributed by atoms with van der Waals surface area (Å²) >= 11 is 11.0. The summed E-state index contributed by atoms with van der Waals surface area (Å²) in [5.41, 5.74) is 9.83. The summed E-state index contributed by atoms with van der Waals surface area (Å²) < 4.78 is 4.59. The smallest absolute Gasteiger partial charge is 0.351 e. The van der Waals surface area contributed by atoms with Gasteiger partial charge in [0.1, 0.15) is 5.03 Å². The molecule has 1 atom stereocenters. The number of carbonyl (C=O) groups excluding carboxylic acids is 3. The van der Waals surface area contributed by atoms with Crippen molar-refractivity contribution in [3.63, 3.8) is 0 Å². The number of rotatable bonds is 3. The second-order valence-electron chi connectivity index (χ2n) is 2.77. The standard InChI is InChI=1S/C7H6Cl2N2O4/c8-2-3(9)7(14)15-4(2)1(5(10)12)6(11)13/h1,4H,(H2,10,12)(H2,11,13)/t4-/m1/s1. The van der Waals surface area contributed by atoms with Crippen molar-refractivity contribution < 1.29 is 19.1 Å². The molecule has 0 aromatic heterocycles. The van der Waals surface area contributed by atoms with Crippen LogP contribution in [-0.2, 0) is 19.1 Å². The van der Waals surface area contributed by atoms with Gasteiger partial charge in [-0.15, -0.1) is 0 Å². The number of amides is 2. The first-order chi connectivity index (χ1) is 6.86. The Bertz CT molecular complexity index is 365. The quantitative estimate of drug-likeness (QED) is 0.505. The molecular formula is C7H6Cl2N2O4. The van der Waals surface area contributed by atoms with E-state index in [0.29, 0.717) is 0 Å². The summed E-state index contributed by atoms with van der Waals surface area (Å²) in [6, 6.07) is 0. The molecule has 1 aliphatic heterocycles. The van der Waals surface area contributed by atoms with Crippen molar-refractivity contribution >= 4 is 41.0 Å². The molecule has 1 heterocycles. The third kappa shape index (κ3) is 2.05. The number of ether oxygens (including phenoxy) is 1. The largest absolute Gasteiger partial charge is 0.451 e. The molecule has 6 nitrogen and oxygen atoms in total. The molecule has 0 aliphatic carbocycles. The number of cyclic esters (lactones) is 1. The van der Waals surface area contributed by atoms with Crippen LogP contribution in [0.15, 0.2) is 10.1 Å². The summed E-state index contributed by atoms with van der Waals surface area (Å²) in [5.74, 6) is -4.51. The molecule has 82 valence electrons. The molecule has 0 saturated heterocycles. The van der Waals surface area contributed by atoms with E-state index in [1.807, 2.05) is 0 Å². The Hall–Kier alpha value is -1.27. The summed E-state index contributed by atoms with van der Waals surface area (Å²) in [5, 5.41) is -0.626. The van der Waals surface area contributed by atoms with Gasteiger partial charge in [0, 0.05) is 0 Å². The number of esters is 1. The van der Waals surface area contributed by atoms with Crippen molar-refractivity contribution in [1.29, 1.82) is 0 Å². The molecule has 8 heteroatoms. The molecule has 1 rings (SSSR count). The van der Waals surface area contributed by atoms with Gasteiger partial charge in [-0.25, -0.2) is 4.79 Å². The lowest BCUT2D eigenvalue weighted by molar-refractivity contribution is -0.145. The zero-order chi connectivity index (χ0) is 11.7. The minimum absolute atomic E-state index is 0.246. The van der Waals surface area contributed by atoms with Gasteiger partial charge in [0.05, 0.1) is 5.03 Å². The van der Waals surface area contributed by atoms with Gasteiger partial charge < -0.3 is 16.2 Å². The van der Waals surface area contributed by atoms with Crippen LogP contribution in [0.25, 0.3) is 0 Å². The van der Waals surface area contributed by atoms with E-state index in [-0.39, 0.29) is 10.1 Å². The van der Waals surface area contributed by atoms with Crippen LogP contribution in [-0.4, -0.2) is 23.9 Å². The van der Waals surface area contributed by atoms with Gasteiger partial charge in [-0.1, -0.05) is 23.2 Å². The second-order valence-corrected chi connectivity index (χ2v) is 3.56. The molecule has 0 bridgehead atoms. The number of nitrogens with two attached hydrogens (primary N) is 2. The molecule has 0 fully saturated rings. The van der Waals surface area contributed by atoms with Crippen LogP contribution in [0, 0.1) is 5.92 Å². The third-order valence-electron chi connectivity index (χ3n) is 1.79. The highest BCUT2D eigenvalue weighted by atomic mass is 35.5. The van der Waals surface area contributed by atoms with Gasteiger partial charge in [0.15, 0.2) is 12.0 Å². The van der Waals surface area contributed by atoms with E-state index in [4.69, 9.17) is 34.7 Å². The molecule has 15 heavy (non-hydrogen) atoms.